The number of nitrogens with zero attached hydrogens (tertiary/aromatic N) is 1. The Morgan fingerprint density at radius 1 is 0.679 bits per heavy atom. The zero-order valence-electron chi connectivity index (χ0n) is 40.8. The van der Waals surface area contributed by atoms with Gasteiger partial charge in [-0.15, -0.1) is 11.8 Å². The van der Waals surface area contributed by atoms with Crippen molar-refractivity contribution in [2.24, 2.45) is 0 Å². The zero-order valence-corrected chi connectivity index (χ0v) is 41.6. The predicted octanol–water partition coefficient (Wildman–Crippen LogP) is 5.92. The van der Waals surface area contributed by atoms with E-state index >= 15 is 0 Å². The second-order valence-electron chi connectivity index (χ2n) is 18.2. The van der Waals surface area contributed by atoms with Gasteiger partial charge in [0.05, 0.1) is 30.1 Å². The number of ether oxygens (including phenoxy) is 6. The molecule has 4 unspecified atom stereocenters. The van der Waals surface area contributed by atoms with E-state index in [0.29, 0.717) is 27.9 Å². The van der Waals surface area contributed by atoms with E-state index in [2.05, 4.69) is 10.6 Å². The summed E-state index contributed by atoms with van der Waals surface area (Å²) >= 11 is 1.21. The van der Waals surface area contributed by atoms with Crippen LogP contribution in [0.15, 0.2) is 146 Å². The van der Waals surface area contributed by atoms with E-state index < -0.39 is 122 Å². The highest BCUT2D eigenvalue weighted by atomic mass is 32.2. The highest BCUT2D eigenvalue weighted by molar-refractivity contribution is 8.00. The van der Waals surface area contributed by atoms with Crippen LogP contribution < -0.4 is 20.3 Å². The van der Waals surface area contributed by atoms with Crippen molar-refractivity contribution in [1.29, 1.82) is 0 Å². The number of hydrogen-bond donors (Lipinski definition) is 9. The van der Waals surface area contributed by atoms with Gasteiger partial charge in [0.2, 0.25) is 12.2 Å². The smallest absolute Gasteiger partial charge is 0.412 e. The number of aromatic hydroxyl groups is 1. The number of hydrogen-bond acceptors (Lipinski definition) is 17. The fourth-order valence-electron chi connectivity index (χ4n) is 9.10. The van der Waals surface area contributed by atoms with Crippen LogP contribution in [0.5, 0.6) is 11.5 Å². The van der Waals surface area contributed by atoms with Gasteiger partial charge in [-0.05, 0) is 83.4 Å². The molecule has 13 atom stereocenters. The summed E-state index contributed by atoms with van der Waals surface area (Å²) in [5.41, 5.74) is 1.95. The van der Waals surface area contributed by atoms with Gasteiger partial charge in [0, 0.05) is 17.0 Å². The lowest BCUT2D eigenvalue weighted by molar-refractivity contribution is -0.351. The van der Waals surface area contributed by atoms with E-state index in [4.69, 9.17) is 28.4 Å². The molecule has 9 N–H and O–H groups in total. The second-order valence-corrected chi connectivity index (χ2v) is 19.4. The highest BCUT2D eigenvalue weighted by Gasteiger charge is 2.53. The number of amides is 3. The maximum absolute atomic E-state index is 14.4. The van der Waals surface area contributed by atoms with Crippen LogP contribution in [0.25, 0.3) is 11.1 Å². The highest BCUT2D eigenvalue weighted by Crippen LogP contribution is 2.49. The summed E-state index contributed by atoms with van der Waals surface area (Å²) in [5.74, 6) is -2.26. The third-order valence-electron chi connectivity index (χ3n) is 13.1. The largest absolute Gasteiger partial charge is 0.508 e. The number of phenols is 1. The van der Waals surface area contributed by atoms with Crippen LogP contribution in [0.2, 0.25) is 0 Å². The fraction of sp³-hybridized carbons (Fsp3) is 0.291. The lowest BCUT2D eigenvalue weighted by Gasteiger charge is -2.47. The number of rotatable bonds is 17. The van der Waals surface area contributed by atoms with Crippen molar-refractivity contribution in [1.82, 2.24) is 0 Å². The summed E-state index contributed by atoms with van der Waals surface area (Å²) in [4.78, 5) is 41.0. The van der Waals surface area contributed by atoms with Crippen molar-refractivity contribution in [3.8, 4) is 22.6 Å². The Labute approximate surface area is 447 Å². The first kappa shape index (κ1) is 55.5. The van der Waals surface area contributed by atoms with E-state index in [0.717, 1.165) is 12.1 Å². The molecule has 0 spiro atoms. The summed E-state index contributed by atoms with van der Waals surface area (Å²) in [5, 5.41) is 82.1. The molecule has 6 aromatic carbocycles. The molecule has 6 aromatic rings. The maximum atomic E-state index is 14.4. The molecular weight excluding hydrogens is 1050 g/mol. The van der Waals surface area contributed by atoms with E-state index in [9.17, 15) is 63.3 Å². The molecule has 0 saturated carbocycles. The van der Waals surface area contributed by atoms with Crippen LogP contribution in [0.4, 0.5) is 39.8 Å². The number of aliphatic hydroxyl groups is 6. The van der Waals surface area contributed by atoms with E-state index in [1.54, 1.807) is 65.6 Å². The quantitative estimate of drug-likeness (QED) is 0.0480. The SMILES string of the molecule is O=C(Nc1ccccc1F)OCC1O[C@@H](O[C@H]2C(CO)O[C@@H](Oc3cccc(-c4ccc([C@@H]5[C@@H](SC[C@H](O)c6ccc(F)cc6)C(=O)N5c5ccccc5)c(O)c4)c3)C(O)[C@H]2O)C(O)[C@@H](O)[C@H]1OC(=O)Nc1ccccc1F. The van der Waals surface area contributed by atoms with Gasteiger partial charge in [0.1, 0.15) is 83.5 Å². The minimum absolute atomic E-state index is 0.0977. The van der Waals surface area contributed by atoms with E-state index in [-0.39, 0.29) is 34.5 Å². The summed E-state index contributed by atoms with van der Waals surface area (Å²) in [6, 6.07) is 35.1. The number of carbonyl (C=O) groups is 3. The van der Waals surface area contributed by atoms with Gasteiger partial charge in [-0.1, -0.05) is 78.9 Å². The van der Waals surface area contributed by atoms with Crippen molar-refractivity contribution in [2.75, 3.05) is 34.5 Å². The Balaban J connectivity index is 0.871. The third kappa shape index (κ3) is 12.3. The Morgan fingerprint density at radius 3 is 1.96 bits per heavy atom. The van der Waals surface area contributed by atoms with Crippen molar-refractivity contribution >= 4 is 46.9 Å². The monoisotopic (exact) mass is 1100 g/mol. The summed E-state index contributed by atoms with van der Waals surface area (Å²) in [6.07, 6.45) is -22.0. The number of carbonyl (C=O) groups excluding carboxylic acids is 3. The minimum Gasteiger partial charge on any atom is -0.508 e. The van der Waals surface area contributed by atoms with Gasteiger partial charge in [0.25, 0.3) is 0 Å². The summed E-state index contributed by atoms with van der Waals surface area (Å²) in [6.45, 7) is -1.73. The molecule has 0 radical (unpaired) electrons. The van der Waals surface area contributed by atoms with Gasteiger partial charge in [-0.3, -0.25) is 15.4 Å². The first-order chi connectivity index (χ1) is 37.6. The molecule has 3 aliphatic rings. The number of β-lactam (4-membered cyclic amide) rings is 1. The van der Waals surface area contributed by atoms with Crippen molar-refractivity contribution in [2.45, 2.75) is 78.8 Å². The van der Waals surface area contributed by atoms with Crippen LogP contribution in [-0.4, -0.2) is 139 Å². The lowest BCUT2D eigenvalue weighted by Crippen LogP contribution is -2.65. The topological polar surface area (TPSA) is 275 Å². The van der Waals surface area contributed by atoms with Gasteiger partial charge in [0.15, 0.2) is 12.4 Å². The molecule has 3 heterocycles. The average molecular weight is 1100 g/mol. The van der Waals surface area contributed by atoms with Crippen LogP contribution in [0, 0.1) is 17.5 Å². The summed E-state index contributed by atoms with van der Waals surface area (Å²) < 4.78 is 76.3. The molecule has 3 aliphatic heterocycles. The molecule has 78 heavy (non-hydrogen) atoms. The first-order valence-corrected chi connectivity index (χ1v) is 25.4. The van der Waals surface area contributed by atoms with Crippen LogP contribution in [-0.2, 0) is 28.5 Å². The number of para-hydroxylation sites is 3. The molecular formula is C55H52F3N3O16S. The number of halogens is 3. The molecule has 3 saturated heterocycles. The Bertz CT molecular complexity index is 3060. The average Bonchev–Trinajstić information content (AvgIpc) is 3.63. The molecule has 9 rings (SSSR count). The maximum Gasteiger partial charge on any atom is 0.412 e. The van der Waals surface area contributed by atoms with Crippen LogP contribution in [0.3, 0.4) is 0 Å². The zero-order chi connectivity index (χ0) is 55.2. The van der Waals surface area contributed by atoms with Crippen molar-refractivity contribution in [3.05, 3.63) is 174 Å². The Morgan fingerprint density at radius 2 is 1.29 bits per heavy atom. The first-order valence-electron chi connectivity index (χ1n) is 24.3. The van der Waals surface area contributed by atoms with E-state index in [1.165, 1.54) is 84.6 Å². The predicted molar refractivity (Wildman–Crippen MR) is 273 cm³/mol. The Hall–Kier alpha value is -7.29. The fourth-order valence-corrected chi connectivity index (χ4v) is 10.4. The Kier molecular flexibility index (Phi) is 17.5. The van der Waals surface area contributed by atoms with Gasteiger partial charge in [-0.2, -0.15) is 0 Å². The van der Waals surface area contributed by atoms with Gasteiger partial charge < -0.3 is 69.1 Å². The van der Waals surface area contributed by atoms with Crippen molar-refractivity contribution in [3.63, 3.8) is 0 Å². The third-order valence-corrected chi connectivity index (χ3v) is 14.5. The van der Waals surface area contributed by atoms with Crippen LogP contribution in [0.1, 0.15) is 23.3 Å². The standard InChI is InChI=1S/C55H52F3N3O16S/c56-31-20-17-28(18-21-31)40(64)27-78-50-43(61(51(50)69)32-10-2-1-3-11-32)34-22-19-30(24-39(34)63)29-9-8-12-33(23-29)73-52-46(67)44(65)48(41(25-62)74-52)76-53-47(68)45(66)49(77-55(71)60-38-16-7-5-14-36(38)58)42(75-53)26-72-54(70)59-37-15-6-4-13-35(37)57/h1-24,40-50,52-53,62-68H,25-27H2,(H,59,70)(H,60,71)/t40-,41?,42?,43+,44+,45+,46?,47?,48-,49-,50+,52+,53-/m0/s1. The lowest BCUT2D eigenvalue weighted by atomic mass is 9.90. The van der Waals surface area contributed by atoms with E-state index in [1.807, 2.05) is 0 Å². The number of nitrogens with one attached hydrogen (secondary N) is 2. The number of aliphatic hydroxyl groups excluding tert-OH is 6. The van der Waals surface area contributed by atoms with Gasteiger partial charge >= 0.3 is 12.2 Å². The number of thioether (sulfide) groups is 1. The molecule has 23 heteroatoms. The molecule has 0 bridgehead atoms. The molecule has 0 aromatic heterocycles. The van der Waals surface area contributed by atoms with Crippen molar-refractivity contribution < 1.29 is 91.7 Å². The summed E-state index contributed by atoms with van der Waals surface area (Å²) in [7, 11) is 0. The van der Waals surface area contributed by atoms with Gasteiger partial charge in [-0.25, -0.2) is 22.8 Å². The molecule has 0 aliphatic carbocycles. The number of phenolic OH excluding ortho intramolecular Hbond substituents is 1. The number of anilines is 3. The molecule has 3 amide bonds. The second kappa shape index (κ2) is 24.6. The molecule has 19 nitrogen and oxygen atoms in total. The molecule has 3 fully saturated rings. The molecule has 410 valence electrons. The minimum atomic E-state index is -2.11. The van der Waals surface area contributed by atoms with Crippen LogP contribution >= 0.6 is 11.8 Å². The normalized spacial score (nSPS) is 26.3. The number of benzene rings is 6.